The summed E-state index contributed by atoms with van der Waals surface area (Å²) in [6.07, 6.45) is 0.390. The van der Waals surface area contributed by atoms with E-state index in [1.54, 1.807) is 6.92 Å². The van der Waals surface area contributed by atoms with Crippen LogP contribution in [0.15, 0.2) is 24.3 Å². The number of hydrogen-bond acceptors (Lipinski definition) is 5. The predicted octanol–water partition coefficient (Wildman–Crippen LogP) is 2.60. The van der Waals surface area contributed by atoms with Crippen molar-refractivity contribution < 1.29 is 13.9 Å². The number of carbonyl (C=O) groups is 1. The molecule has 1 heterocycles. The Kier molecular flexibility index (Phi) is 4.40. The fraction of sp³-hybridized carbons (Fsp3) is 0.250. The van der Waals surface area contributed by atoms with E-state index in [4.69, 9.17) is 4.74 Å². The molecular weight excluding hydrogens is 269 g/mol. The molecule has 1 aromatic heterocycles. The molecule has 0 spiro atoms. The van der Waals surface area contributed by atoms with Gasteiger partial charge in [-0.25, -0.2) is 4.39 Å². The Bertz CT molecular complexity index is 556. The van der Waals surface area contributed by atoms with Crippen LogP contribution in [-0.2, 0) is 11.4 Å². The molecule has 1 N–H and O–H groups in total. The summed E-state index contributed by atoms with van der Waals surface area (Å²) in [6.45, 7) is 1.99. The van der Waals surface area contributed by atoms with Crippen LogP contribution in [0.1, 0.15) is 18.4 Å². The van der Waals surface area contributed by atoms with Gasteiger partial charge in [-0.1, -0.05) is 18.3 Å². The Balaban J connectivity index is 1.89. The molecule has 0 fully saturated rings. The van der Waals surface area contributed by atoms with Crippen LogP contribution in [0.4, 0.5) is 9.52 Å². The van der Waals surface area contributed by atoms with Crippen molar-refractivity contribution in [2.24, 2.45) is 0 Å². The van der Waals surface area contributed by atoms with Gasteiger partial charge in [0.05, 0.1) is 0 Å². The van der Waals surface area contributed by atoms with Gasteiger partial charge in [-0.05, 0) is 24.3 Å². The van der Waals surface area contributed by atoms with Gasteiger partial charge in [0.15, 0.2) is 5.01 Å². The molecule has 19 heavy (non-hydrogen) atoms. The number of carbonyl (C=O) groups excluding carboxylic acids is 1. The Hall–Kier alpha value is -2.02. The lowest BCUT2D eigenvalue weighted by atomic mass is 10.3. The minimum atomic E-state index is -0.312. The molecule has 0 unspecified atom stereocenters. The van der Waals surface area contributed by atoms with Crippen molar-refractivity contribution in [2.45, 2.75) is 20.0 Å². The Morgan fingerprint density at radius 3 is 2.79 bits per heavy atom. The van der Waals surface area contributed by atoms with E-state index in [9.17, 15) is 9.18 Å². The van der Waals surface area contributed by atoms with E-state index in [0.717, 1.165) is 0 Å². The van der Waals surface area contributed by atoms with Crippen LogP contribution < -0.4 is 10.1 Å². The number of halogens is 1. The number of benzene rings is 1. The molecule has 5 nitrogen and oxygen atoms in total. The Labute approximate surface area is 113 Å². The largest absolute Gasteiger partial charge is 0.486 e. The third-order valence-electron chi connectivity index (χ3n) is 2.21. The zero-order chi connectivity index (χ0) is 13.7. The van der Waals surface area contributed by atoms with Crippen molar-refractivity contribution >= 4 is 22.4 Å². The first-order valence-corrected chi connectivity index (χ1v) is 6.49. The zero-order valence-electron chi connectivity index (χ0n) is 10.2. The number of amides is 1. The van der Waals surface area contributed by atoms with Gasteiger partial charge in [0.2, 0.25) is 11.0 Å². The summed E-state index contributed by atoms with van der Waals surface area (Å²) in [5.41, 5.74) is 0. The molecule has 0 aliphatic carbocycles. The van der Waals surface area contributed by atoms with Gasteiger partial charge >= 0.3 is 0 Å². The van der Waals surface area contributed by atoms with Crippen molar-refractivity contribution in [3.63, 3.8) is 0 Å². The molecule has 0 saturated heterocycles. The molecule has 0 aliphatic heterocycles. The van der Waals surface area contributed by atoms with Gasteiger partial charge < -0.3 is 10.1 Å². The Morgan fingerprint density at radius 2 is 2.11 bits per heavy atom. The molecular formula is C12H12FN3O2S. The molecule has 100 valence electrons. The lowest BCUT2D eigenvalue weighted by molar-refractivity contribution is -0.115. The topological polar surface area (TPSA) is 64.1 Å². The number of nitrogens with one attached hydrogen (secondary N) is 1. The minimum Gasteiger partial charge on any atom is -0.486 e. The fourth-order valence-electron chi connectivity index (χ4n) is 1.25. The van der Waals surface area contributed by atoms with Crippen molar-refractivity contribution in [3.8, 4) is 5.75 Å². The van der Waals surface area contributed by atoms with Crippen LogP contribution in [0.25, 0.3) is 0 Å². The third kappa shape index (κ3) is 3.99. The minimum absolute atomic E-state index is 0.109. The molecule has 2 rings (SSSR count). The van der Waals surface area contributed by atoms with Gasteiger partial charge in [-0.15, -0.1) is 10.2 Å². The van der Waals surface area contributed by atoms with Crippen molar-refractivity contribution in [3.05, 3.63) is 35.1 Å². The van der Waals surface area contributed by atoms with Crippen LogP contribution in [0.5, 0.6) is 5.75 Å². The van der Waals surface area contributed by atoms with E-state index in [1.807, 2.05) is 0 Å². The van der Waals surface area contributed by atoms with Gasteiger partial charge in [-0.3, -0.25) is 4.79 Å². The molecule has 0 bridgehead atoms. The van der Waals surface area contributed by atoms with Gasteiger partial charge in [0.25, 0.3) is 0 Å². The van der Waals surface area contributed by atoms with E-state index in [2.05, 4.69) is 15.5 Å². The van der Waals surface area contributed by atoms with Crippen LogP contribution in [0, 0.1) is 5.82 Å². The van der Waals surface area contributed by atoms with E-state index >= 15 is 0 Å². The maximum Gasteiger partial charge on any atom is 0.225 e. The second-order valence-corrected chi connectivity index (χ2v) is 4.71. The highest BCUT2D eigenvalue weighted by Crippen LogP contribution is 2.18. The second-order valence-electron chi connectivity index (χ2n) is 3.65. The van der Waals surface area contributed by atoms with Crippen LogP contribution in [-0.4, -0.2) is 16.1 Å². The molecule has 1 amide bonds. The van der Waals surface area contributed by atoms with Crippen molar-refractivity contribution in [2.75, 3.05) is 5.32 Å². The molecule has 1 aromatic carbocycles. The summed E-state index contributed by atoms with van der Waals surface area (Å²) in [7, 11) is 0. The summed E-state index contributed by atoms with van der Waals surface area (Å²) in [5.74, 6) is 0.130. The summed E-state index contributed by atoms with van der Waals surface area (Å²) in [5, 5.41) is 11.4. The highest BCUT2D eigenvalue weighted by Gasteiger charge is 2.07. The van der Waals surface area contributed by atoms with Gasteiger partial charge in [0.1, 0.15) is 18.2 Å². The average Bonchev–Trinajstić information content (AvgIpc) is 2.85. The van der Waals surface area contributed by atoms with Crippen molar-refractivity contribution in [1.82, 2.24) is 10.2 Å². The monoisotopic (exact) mass is 281 g/mol. The second kappa shape index (κ2) is 6.24. The fourth-order valence-corrected chi connectivity index (χ4v) is 1.92. The zero-order valence-corrected chi connectivity index (χ0v) is 11.0. The standard InChI is InChI=1S/C12H12FN3O2S/c1-2-10(17)14-12-16-15-11(19-12)7-18-9-5-3-8(13)4-6-9/h3-6H,2,7H2,1H3,(H,14,16,17). The normalized spacial score (nSPS) is 10.2. The molecule has 2 aromatic rings. The highest BCUT2D eigenvalue weighted by molar-refractivity contribution is 7.15. The van der Waals surface area contributed by atoms with E-state index in [1.165, 1.54) is 35.6 Å². The SMILES string of the molecule is CCC(=O)Nc1nnc(COc2ccc(F)cc2)s1. The van der Waals surface area contributed by atoms with Crippen LogP contribution in [0.3, 0.4) is 0 Å². The number of rotatable bonds is 5. The van der Waals surface area contributed by atoms with Crippen LogP contribution in [0.2, 0.25) is 0 Å². The number of ether oxygens (including phenoxy) is 1. The first kappa shape index (κ1) is 13.4. The first-order valence-electron chi connectivity index (χ1n) is 5.68. The van der Waals surface area contributed by atoms with Crippen molar-refractivity contribution in [1.29, 1.82) is 0 Å². The molecule has 0 saturated carbocycles. The number of anilines is 1. The summed E-state index contributed by atoms with van der Waals surface area (Å²) >= 11 is 1.25. The van der Waals surface area contributed by atoms with E-state index in [-0.39, 0.29) is 18.3 Å². The highest BCUT2D eigenvalue weighted by atomic mass is 32.1. The maximum absolute atomic E-state index is 12.7. The Morgan fingerprint density at radius 1 is 1.37 bits per heavy atom. The molecule has 0 atom stereocenters. The average molecular weight is 281 g/mol. The number of hydrogen-bond donors (Lipinski definition) is 1. The predicted molar refractivity (Wildman–Crippen MR) is 69.6 cm³/mol. The number of nitrogens with zero attached hydrogens (tertiary/aromatic N) is 2. The smallest absolute Gasteiger partial charge is 0.225 e. The van der Waals surface area contributed by atoms with Crippen LogP contribution >= 0.6 is 11.3 Å². The van der Waals surface area contributed by atoms with Gasteiger partial charge in [0, 0.05) is 6.42 Å². The van der Waals surface area contributed by atoms with Gasteiger partial charge in [-0.2, -0.15) is 0 Å². The lowest BCUT2D eigenvalue weighted by Crippen LogP contribution is -2.08. The maximum atomic E-state index is 12.7. The molecule has 7 heteroatoms. The molecule has 0 aliphatic rings. The number of aromatic nitrogens is 2. The quantitative estimate of drug-likeness (QED) is 0.915. The summed E-state index contributed by atoms with van der Waals surface area (Å²) in [4.78, 5) is 11.2. The first-order chi connectivity index (χ1) is 9.17. The molecule has 0 radical (unpaired) electrons. The lowest BCUT2D eigenvalue weighted by Gasteiger charge is -2.02. The summed E-state index contributed by atoms with van der Waals surface area (Å²) < 4.78 is 18.1. The summed E-state index contributed by atoms with van der Waals surface area (Å²) in [6, 6.07) is 5.72. The van der Waals surface area contributed by atoms with E-state index < -0.39 is 0 Å². The third-order valence-corrected chi connectivity index (χ3v) is 3.02. The van der Waals surface area contributed by atoms with E-state index in [0.29, 0.717) is 22.3 Å².